The fourth-order valence-electron chi connectivity index (χ4n) is 1.43. The van der Waals surface area contributed by atoms with Crippen LogP contribution in [0.3, 0.4) is 0 Å². The Balaban J connectivity index is 2.14. The molecular weight excluding hydrogens is 355 g/mol. The smallest absolute Gasteiger partial charge is 0.137 e. The summed E-state index contributed by atoms with van der Waals surface area (Å²) < 4.78 is 13.6. The van der Waals surface area contributed by atoms with Crippen LogP contribution in [0.15, 0.2) is 40.2 Å². The van der Waals surface area contributed by atoms with E-state index in [-0.39, 0.29) is 10.6 Å². The van der Waals surface area contributed by atoms with Crippen LogP contribution in [0.25, 0.3) is 0 Å². The van der Waals surface area contributed by atoms with Gasteiger partial charge in [-0.05, 0) is 51.5 Å². The first-order valence-corrected chi connectivity index (χ1v) is 7.37. The third kappa shape index (κ3) is 2.93. The average molecular weight is 364 g/mol. The normalized spacial score (nSPS) is 12.7. The lowest BCUT2D eigenvalue weighted by molar-refractivity contribution is 0.620. The van der Waals surface area contributed by atoms with Gasteiger partial charge in [0.25, 0.3) is 0 Å². The third-order valence-corrected chi connectivity index (χ3v) is 4.62. The van der Waals surface area contributed by atoms with Gasteiger partial charge in [-0.3, -0.25) is 0 Å². The van der Waals surface area contributed by atoms with Crippen LogP contribution in [0.1, 0.15) is 15.3 Å². The Bertz CT molecular complexity index is 468. The first-order chi connectivity index (χ1) is 7.66. The molecule has 16 heavy (non-hydrogen) atoms. The maximum Gasteiger partial charge on any atom is 0.137 e. The summed E-state index contributed by atoms with van der Waals surface area (Å²) in [6, 6.07) is 9.27. The van der Waals surface area contributed by atoms with E-state index in [2.05, 4.69) is 43.3 Å². The van der Waals surface area contributed by atoms with Crippen molar-refractivity contribution in [1.82, 2.24) is 0 Å². The van der Waals surface area contributed by atoms with Gasteiger partial charge >= 0.3 is 0 Å². The lowest BCUT2D eigenvalue weighted by Gasteiger charge is -2.09. The summed E-state index contributed by atoms with van der Waals surface area (Å²) in [7, 11) is 0. The second-order valence-corrected chi connectivity index (χ2v) is 6.42. The van der Waals surface area contributed by atoms with E-state index in [1.54, 1.807) is 11.3 Å². The van der Waals surface area contributed by atoms with E-state index in [0.29, 0.717) is 4.47 Å². The largest absolute Gasteiger partial charge is 0.206 e. The highest BCUT2D eigenvalue weighted by molar-refractivity contribution is 9.10. The molecule has 0 radical (unpaired) electrons. The highest BCUT2D eigenvalue weighted by atomic mass is 79.9. The molecule has 1 aromatic carbocycles. The second kappa shape index (κ2) is 5.43. The van der Waals surface area contributed by atoms with Gasteiger partial charge in [-0.15, -0.1) is 11.3 Å². The van der Waals surface area contributed by atoms with Crippen LogP contribution in [0.5, 0.6) is 0 Å². The summed E-state index contributed by atoms with van der Waals surface area (Å²) in [6.45, 7) is 0. The average Bonchev–Trinajstić information content (AvgIpc) is 2.74. The van der Waals surface area contributed by atoms with Gasteiger partial charge in [0, 0.05) is 9.70 Å². The first-order valence-electron chi connectivity index (χ1n) is 4.78. The summed E-state index contributed by atoms with van der Waals surface area (Å²) in [5.41, 5.74) is 1.08. The Morgan fingerprint density at radius 3 is 2.75 bits per heavy atom. The van der Waals surface area contributed by atoms with Crippen LogP contribution in [0.4, 0.5) is 4.39 Å². The summed E-state index contributed by atoms with van der Waals surface area (Å²) in [6.07, 6.45) is 0.926. The van der Waals surface area contributed by atoms with Crippen molar-refractivity contribution < 1.29 is 4.39 Å². The molecule has 2 rings (SSSR count). The van der Waals surface area contributed by atoms with Crippen LogP contribution in [-0.2, 0) is 6.42 Å². The van der Waals surface area contributed by atoms with Crippen LogP contribution >= 0.6 is 43.2 Å². The standard InChI is InChI=1S/C12H9Br2FS/c13-10(7-9-2-1-5-16-9)8-3-4-12(15)11(14)6-8/h1-6,10H,7H2. The highest BCUT2D eigenvalue weighted by Crippen LogP contribution is 2.31. The molecule has 0 amide bonds. The number of thiophene rings is 1. The molecule has 0 nitrogen and oxygen atoms in total. The van der Waals surface area contributed by atoms with Gasteiger partial charge in [0.2, 0.25) is 0 Å². The van der Waals surface area contributed by atoms with Crippen LogP contribution in [-0.4, -0.2) is 0 Å². The lowest BCUT2D eigenvalue weighted by Crippen LogP contribution is -1.94. The molecule has 1 aromatic heterocycles. The zero-order chi connectivity index (χ0) is 11.5. The molecule has 0 aliphatic heterocycles. The lowest BCUT2D eigenvalue weighted by atomic mass is 10.1. The Hall–Kier alpha value is -0.190. The molecule has 84 valence electrons. The number of rotatable bonds is 3. The predicted octanol–water partition coefficient (Wildman–Crippen LogP) is 5.33. The Morgan fingerprint density at radius 2 is 2.12 bits per heavy atom. The van der Waals surface area contributed by atoms with Crippen molar-refractivity contribution in [2.45, 2.75) is 11.2 Å². The predicted molar refractivity (Wildman–Crippen MR) is 73.8 cm³/mol. The number of hydrogen-bond acceptors (Lipinski definition) is 1. The number of benzene rings is 1. The van der Waals surface area contributed by atoms with Crippen LogP contribution in [0, 0.1) is 5.82 Å². The zero-order valence-corrected chi connectivity index (χ0v) is 12.3. The number of alkyl halides is 1. The van der Waals surface area contributed by atoms with E-state index < -0.39 is 0 Å². The summed E-state index contributed by atoms with van der Waals surface area (Å²) in [5, 5.41) is 2.07. The van der Waals surface area contributed by atoms with Crippen molar-refractivity contribution in [2.75, 3.05) is 0 Å². The monoisotopic (exact) mass is 362 g/mol. The zero-order valence-electron chi connectivity index (χ0n) is 8.29. The van der Waals surface area contributed by atoms with Crippen molar-refractivity contribution >= 4 is 43.2 Å². The third-order valence-electron chi connectivity index (χ3n) is 2.27. The van der Waals surface area contributed by atoms with Crippen molar-refractivity contribution in [1.29, 1.82) is 0 Å². The minimum absolute atomic E-state index is 0.223. The van der Waals surface area contributed by atoms with Gasteiger partial charge in [-0.25, -0.2) is 4.39 Å². The molecular formula is C12H9Br2FS. The van der Waals surface area contributed by atoms with E-state index in [0.717, 1.165) is 12.0 Å². The topological polar surface area (TPSA) is 0 Å². The van der Waals surface area contributed by atoms with Crippen molar-refractivity contribution in [2.24, 2.45) is 0 Å². The molecule has 4 heteroatoms. The van der Waals surface area contributed by atoms with Crippen molar-refractivity contribution in [3.8, 4) is 0 Å². The molecule has 0 bridgehead atoms. The van der Waals surface area contributed by atoms with E-state index in [1.165, 1.54) is 10.9 Å². The summed E-state index contributed by atoms with van der Waals surface area (Å²) in [5.74, 6) is -0.223. The van der Waals surface area contributed by atoms with Gasteiger partial charge in [0.1, 0.15) is 5.82 Å². The van der Waals surface area contributed by atoms with E-state index in [1.807, 2.05) is 18.2 Å². The fourth-order valence-corrected chi connectivity index (χ4v) is 3.43. The number of hydrogen-bond donors (Lipinski definition) is 0. The van der Waals surface area contributed by atoms with Crippen molar-refractivity contribution in [3.63, 3.8) is 0 Å². The molecule has 0 N–H and O–H groups in total. The molecule has 0 saturated heterocycles. The summed E-state index contributed by atoms with van der Waals surface area (Å²) >= 11 is 8.57. The maximum atomic E-state index is 13.1. The molecule has 0 saturated carbocycles. The van der Waals surface area contributed by atoms with Gasteiger partial charge in [-0.1, -0.05) is 28.1 Å². The molecule has 0 aliphatic rings. The Kier molecular flexibility index (Phi) is 4.16. The van der Waals surface area contributed by atoms with Gasteiger partial charge < -0.3 is 0 Å². The first kappa shape index (κ1) is 12.3. The molecule has 1 heterocycles. The molecule has 0 spiro atoms. The van der Waals surface area contributed by atoms with Gasteiger partial charge in [0.05, 0.1) is 4.47 Å². The Labute approximate surface area is 115 Å². The minimum Gasteiger partial charge on any atom is -0.206 e. The quantitative estimate of drug-likeness (QED) is 0.646. The van der Waals surface area contributed by atoms with Crippen LogP contribution in [0.2, 0.25) is 0 Å². The molecule has 1 atom stereocenters. The molecule has 1 unspecified atom stereocenters. The summed E-state index contributed by atoms with van der Waals surface area (Å²) in [4.78, 5) is 1.55. The van der Waals surface area contributed by atoms with Crippen LogP contribution < -0.4 is 0 Å². The fraction of sp³-hybridized carbons (Fsp3) is 0.167. The Morgan fingerprint density at radius 1 is 1.31 bits per heavy atom. The van der Waals surface area contributed by atoms with Crippen molar-refractivity contribution in [3.05, 3.63) is 56.4 Å². The minimum atomic E-state index is -0.223. The van der Waals surface area contributed by atoms with E-state index in [4.69, 9.17) is 0 Å². The SMILES string of the molecule is Fc1ccc(C(Br)Cc2cccs2)cc1Br. The maximum absolute atomic E-state index is 13.1. The highest BCUT2D eigenvalue weighted by Gasteiger charge is 2.11. The molecule has 0 aliphatic carbocycles. The van der Waals surface area contributed by atoms with E-state index in [9.17, 15) is 4.39 Å². The number of halogens is 3. The van der Waals surface area contributed by atoms with E-state index >= 15 is 0 Å². The van der Waals surface area contributed by atoms with Gasteiger partial charge in [-0.2, -0.15) is 0 Å². The molecule has 0 fully saturated rings. The molecule has 2 aromatic rings. The second-order valence-electron chi connectivity index (χ2n) is 3.42. The van der Waals surface area contributed by atoms with Gasteiger partial charge in [0.15, 0.2) is 0 Å².